The predicted octanol–water partition coefficient (Wildman–Crippen LogP) is 13.6. The van der Waals surface area contributed by atoms with Crippen molar-refractivity contribution in [2.24, 2.45) is 46.3 Å². The molecule has 0 N–H and O–H groups in total. The van der Waals surface area contributed by atoms with Crippen LogP contribution in [0.1, 0.15) is 155 Å². The average Bonchev–Trinajstić information content (AvgIpc) is 3.61. The Labute approximate surface area is 361 Å². The highest BCUT2D eigenvalue weighted by atomic mass is 16.6. The van der Waals surface area contributed by atoms with Gasteiger partial charge in [0.05, 0.1) is 38.1 Å². The third-order valence-corrected chi connectivity index (χ3v) is 16.1. The second-order valence-electron chi connectivity index (χ2n) is 19.6. The third kappa shape index (κ3) is 12.4. The number of unbranched alkanes of at least 4 members (excludes halogenated alkanes) is 9. The SMILES string of the molecule is C=CCO[C@@H]1CC[C@@]2(C)C(C1)C[C@@H](OCC=C)C1[C@@H]3CC[C@H](C(C)CCCN(CCCCCCCCCCCC)C(=O)OCc4ccccc4)[C@@]3(C)[C@@H](OCC=C)C[C@@H]12. The van der Waals surface area contributed by atoms with Crippen molar-refractivity contribution in [2.45, 2.75) is 175 Å². The maximum absolute atomic E-state index is 13.6. The van der Waals surface area contributed by atoms with E-state index in [-0.39, 0.29) is 29.1 Å². The maximum Gasteiger partial charge on any atom is 0.410 e. The molecule has 3 unspecified atom stereocenters. The van der Waals surface area contributed by atoms with Crippen molar-refractivity contribution in [3.05, 3.63) is 73.9 Å². The molecule has 0 spiro atoms. The van der Waals surface area contributed by atoms with Crippen LogP contribution in [0.15, 0.2) is 68.3 Å². The third-order valence-electron chi connectivity index (χ3n) is 16.1. The van der Waals surface area contributed by atoms with Gasteiger partial charge in [0.1, 0.15) is 6.61 Å². The number of carbonyl (C=O) groups is 1. The van der Waals surface area contributed by atoms with E-state index in [1.807, 2.05) is 53.5 Å². The maximum atomic E-state index is 13.6. The number of fused-ring (bicyclic) bond motifs is 5. The van der Waals surface area contributed by atoms with Crippen LogP contribution in [0.5, 0.6) is 0 Å². The molecule has 1 aromatic carbocycles. The summed E-state index contributed by atoms with van der Waals surface area (Å²) in [5, 5.41) is 0. The van der Waals surface area contributed by atoms with E-state index >= 15 is 0 Å². The number of carbonyl (C=O) groups excluding carboxylic acids is 1. The molecule has 4 saturated carbocycles. The van der Waals surface area contributed by atoms with Gasteiger partial charge in [-0.25, -0.2) is 4.79 Å². The summed E-state index contributed by atoms with van der Waals surface area (Å²) >= 11 is 0. The minimum Gasteiger partial charge on any atom is -0.445 e. The number of hydrogen-bond donors (Lipinski definition) is 0. The summed E-state index contributed by atoms with van der Waals surface area (Å²) in [6.45, 7) is 25.7. The van der Waals surface area contributed by atoms with Crippen LogP contribution in [-0.2, 0) is 25.6 Å². The Balaban J connectivity index is 1.24. The lowest BCUT2D eigenvalue weighted by Gasteiger charge is -2.64. The van der Waals surface area contributed by atoms with Gasteiger partial charge in [-0.1, -0.05) is 134 Å². The van der Waals surface area contributed by atoms with Crippen LogP contribution in [0.2, 0.25) is 0 Å². The van der Waals surface area contributed by atoms with Gasteiger partial charge in [0.25, 0.3) is 0 Å². The van der Waals surface area contributed by atoms with Gasteiger partial charge in [-0.05, 0) is 111 Å². The van der Waals surface area contributed by atoms with E-state index in [1.165, 1.54) is 77.0 Å². The van der Waals surface area contributed by atoms with Crippen LogP contribution in [0.3, 0.4) is 0 Å². The van der Waals surface area contributed by atoms with Gasteiger partial charge in [-0.2, -0.15) is 0 Å². The van der Waals surface area contributed by atoms with Crippen LogP contribution >= 0.6 is 0 Å². The van der Waals surface area contributed by atoms with Crippen molar-refractivity contribution in [2.75, 3.05) is 32.9 Å². The van der Waals surface area contributed by atoms with Gasteiger partial charge >= 0.3 is 6.09 Å². The first-order chi connectivity index (χ1) is 28.7. The lowest BCUT2D eigenvalue weighted by molar-refractivity contribution is -0.223. The minimum absolute atomic E-state index is 0.0527. The Morgan fingerprint density at radius 2 is 1.42 bits per heavy atom. The highest BCUT2D eigenvalue weighted by Gasteiger charge is 2.66. The Morgan fingerprint density at radius 3 is 2.12 bits per heavy atom. The number of amides is 1. The molecule has 59 heavy (non-hydrogen) atoms. The van der Waals surface area contributed by atoms with E-state index in [2.05, 4.69) is 47.4 Å². The van der Waals surface area contributed by atoms with Gasteiger partial charge in [0, 0.05) is 18.5 Å². The summed E-state index contributed by atoms with van der Waals surface area (Å²) < 4.78 is 26.0. The number of nitrogens with zero attached hydrogens (tertiary/aromatic N) is 1. The zero-order valence-corrected chi connectivity index (χ0v) is 38.1. The molecule has 6 heteroatoms. The van der Waals surface area contributed by atoms with E-state index in [0.717, 1.165) is 63.6 Å². The summed E-state index contributed by atoms with van der Waals surface area (Å²) in [5.41, 5.74) is 1.34. The quantitative estimate of drug-likeness (QED) is 0.0654. The largest absolute Gasteiger partial charge is 0.445 e. The Bertz CT molecular complexity index is 1400. The van der Waals surface area contributed by atoms with Crippen molar-refractivity contribution < 1.29 is 23.7 Å². The van der Waals surface area contributed by atoms with Crippen molar-refractivity contribution in [1.82, 2.24) is 4.90 Å². The molecular formula is C53H85NO5. The summed E-state index contributed by atoms with van der Waals surface area (Å²) in [4.78, 5) is 15.6. The first kappa shape index (κ1) is 47.6. The van der Waals surface area contributed by atoms with E-state index in [1.54, 1.807) is 0 Å². The van der Waals surface area contributed by atoms with Crippen LogP contribution in [0, 0.1) is 46.3 Å². The van der Waals surface area contributed by atoms with Gasteiger partial charge in [0.2, 0.25) is 0 Å². The molecule has 5 rings (SSSR count). The molecule has 6 nitrogen and oxygen atoms in total. The summed E-state index contributed by atoms with van der Waals surface area (Å²) in [7, 11) is 0. The lowest BCUT2D eigenvalue weighted by Crippen LogP contribution is -2.63. The zero-order valence-electron chi connectivity index (χ0n) is 38.1. The van der Waals surface area contributed by atoms with Gasteiger partial charge in [-0.3, -0.25) is 0 Å². The highest BCUT2D eigenvalue weighted by molar-refractivity contribution is 5.67. The second kappa shape index (κ2) is 24.3. The second-order valence-corrected chi connectivity index (χ2v) is 19.6. The normalized spacial score (nSPS) is 31.7. The fourth-order valence-corrected chi connectivity index (χ4v) is 12.9. The molecule has 1 aromatic rings. The zero-order chi connectivity index (χ0) is 42.1. The molecule has 1 amide bonds. The predicted molar refractivity (Wildman–Crippen MR) is 244 cm³/mol. The monoisotopic (exact) mass is 816 g/mol. The lowest BCUT2D eigenvalue weighted by atomic mass is 9.43. The molecule has 4 fully saturated rings. The topological polar surface area (TPSA) is 57.2 Å². The molecule has 0 radical (unpaired) electrons. The molecule has 0 aliphatic heterocycles. The Hall–Kier alpha value is -2.41. The number of rotatable bonds is 27. The van der Waals surface area contributed by atoms with Gasteiger partial charge < -0.3 is 23.8 Å². The van der Waals surface area contributed by atoms with E-state index in [9.17, 15) is 4.79 Å². The van der Waals surface area contributed by atoms with Crippen molar-refractivity contribution in [3.8, 4) is 0 Å². The van der Waals surface area contributed by atoms with Crippen molar-refractivity contribution in [3.63, 3.8) is 0 Å². The van der Waals surface area contributed by atoms with Crippen LogP contribution in [0.4, 0.5) is 4.79 Å². The minimum atomic E-state index is -0.169. The van der Waals surface area contributed by atoms with Gasteiger partial charge in [-0.15, -0.1) is 19.7 Å². The van der Waals surface area contributed by atoms with Crippen molar-refractivity contribution in [1.29, 1.82) is 0 Å². The molecule has 11 atom stereocenters. The van der Waals surface area contributed by atoms with E-state index in [4.69, 9.17) is 18.9 Å². The Kier molecular flexibility index (Phi) is 19.6. The van der Waals surface area contributed by atoms with Crippen LogP contribution < -0.4 is 0 Å². The first-order valence-electron chi connectivity index (χ1n) is 24.3. The fourth-order valence-electron chi connectivity index (χ4n) is 12.9. The molecule has 4 aliphatic rings. The van der Waals surface area contributed by atoms with Crippen molar-refractivity contribution >= 4 is 6.09 Å². The summed E-state index contributed by atoms with van der Waals surface area (Å²) in [6, 6.07) is 10.1. The fraction of sp³-hybridized carbons (Fsp3) is 0.755. The number of ether oxygens (including phenoxy) is 4. The highest BCUT2D eigenvalue weighted by Crippen LogP contribution is 2.69. The van der Waals surface area contributed by atoms with Gasteiger partial charge in [0.15, 0.2) is 0 Å². The average molecular weight is 816 g/mol. The van der Waals surface area contributed by atoms with E-state index < -0.39 is 0 Å². The first-order valence-corrected chi connectivity index (χ1v) is 24.3. The molecule has 4 aliphatic carbocycles. The molecule has 0 saturated heterocycles. The smallest absolute Gasteiger partial charge is 0.410 e. The summed E-state index contributed by atoms with van der Waals surface area (Å²) in [6.07, 6.45) is 29.4. The molecular weight excluding hydrogens is 731 g/mol. The molecule has 0 bridgehead atoms. The van der Waals surface area contributed by atoms with Crippen LogP contribution in [-0.4, -0.2) is 62.2 Å². The standard InChI is InChI=1S/C53H85NO5/c1-8-12-13-14-15-16-17-18-19-23-32-54(51(55)59-40-42-26-21-20-22-27-42)33-24-25-41(5)45-28-29-46-50-47(39-49(53(45,46)7)58-36-11-4)52(6)31-30-44(56-34-9-2)37-43(52)38-48(50)57-35-10-3/h9-11,20-22,26-27,41,43-50H,2-4,8,12-19,23-25,28-40H2,1,5-7H3/t41?,43?,44-,45-,46+,47+,48-,49+,50?,52+,53-/m1/s1. The Morgan fingerprint density at radius 1 is 0.780 bits per heavy atom. The van der Waals surface area contributed by atoms with Crippen LogP contribution in [0.25, 0.3) is 0 Å². The molecule has 0 aromatic heterocycles. The molecule has 332 valence electrons. The number of benzene rings is 1. The van der Waals surface area contributed by atoms with E-state index in [0.29, 0.717) is 68.0 Å². The molecule has 0 heterocycles. The summed E-state index contributed by atoms with van der Waals surface area (Å²) in [5.74, 6) is 3.27. The number of hydrogen-bond acceptors (Lipinski definition) is 5.